The van der Waals surface area contributed by atoms with Crippen molar-refractivity contribution < 1.29 is 9.18 Å². The Morgan fingerprint density at radius 3 is 2.60 bits per heavy atom. The van der Waals surface area contributed by atoms with Crippen LogP contribution in [0.15, 0.2) is 41.6 Å². The topological polar surface area (TPSA) is 49.6 Å². The Balaban J connectivity index is 1.71. The Bertz CT molecular complexity index is 790. The third kappa shape index (κ3) is 3.90. The predicted octanol–water partition coefficient (Wildman–Crippen LogP) is 3.31. The molecule has 2 aromatic rings. The minimum absolute atomic E-state index is 0.247. The molecule has 1 aromatic carbocycles. The number of anilines is 1. The number of nitrogens with zero attached hydrogens (tertiary/aromatic N) is 3. The number of rotatable bonds is 4. The van der Waals surface area contributed by atoms with Gasteiger partial charge in [0, 0.05) is 31.9 Å². The maximum absolute atomic E-state index is 14.5. The Labute approximate surface area is 147 Å². The van der Waals surface area contributed by atoms with Gasteiger partial charge in [0.15, 0.2) is 0 Å². The number of carbonyl (C=O) groups is 1. The van der Waals surface area contributed by atoms with E-state index >= 15 is 0 Å². The molecule has 25 heavy (non-hydrogen) atoms. The molecule has 1 amide bonds. The molecule has 0 saturated carbocycles. The summed E-state index contributed by atoms with van der Waals surface area (Å²) in [6.45, 7) is 3.55. The van der Waals surface area contributed by atoms with Crippen LogP contribution in [-0.2, 0) is 7.05 Å². The first-order chi connectivity index (χ1) is 12.1. The van der Waals surface area contributed by atoms with E-state index in [0.29, 0.717) is 22.7 Å². The summed E-state index contributed by atoms with van der Waals surface area (Å²) in [4.78, 5) is 14.2. The molecule has 1 aliphatic heterocycles. The van der Waals surface area contributed by atoms with Gasteiger partial charge in [0.05, 0.1) is 11.4 Å². The lowest BCUT2D eigenvalue weighted by molar-refractivity contribution is 0.0947. The normalized spacial score (nSPS) is 15.3. The highest BCUT2D eigenvalue weighted by molar-refractivity contribution is 6.00. The fourth-order valence-corrected chi connectivity index (χ4v) is 3.08. The summed E-state index contributed by atoms with van der Waals surface area (Å²) in [7, 11) is 1.79. The minimum atomic E-state index is -0.294. The molecule has 0 aliphatic carbocycles. The van der Waals surface area contributed by atoms with Crippen LogP contribution in [0.4, 0.5) is 10.1 Å². The highest BCUT2D eigenvalue weighted by atomic mass is 19.1. The monoisotopic (exact) mass is 342 g/mol. The van der Waals surface area contributed by atoms with Crippen molar-refractivity contribution >= 4 is 17.3 Å². The first-order valence-corrected chi connectivity index (χ1v) is 8.57. The molecule has 0 unspecified atom stereocenters. The largest absolute Gasteiger partial charge is 0.369 e. The van der Waals surface area contributed by atoms with E-state index in [1.54, 1.807) is 42.9 Å². The number of halogens is 1. The van der Waals surface area contributed by atoms with Gasteiger partial charge in [-0.25, -0.2) is 9.82 Å². The molecule has 1 saturated heterocycles. The van der Waals surface area contributed by atoms with E-state index in [9.17, 15) is 9.18 Å². The van der Waals surface area contributed by atoms with E-state index in [4.69, 9.17) is 0 Å². The Morgan fingerprint density at radius 2 is 1.96 bits per heavy atom. The summed E-state index contributed by atoms with van der Waals surface area (Å²) in [6.07, 6.45) is 5.21. The maximum Gasteiger partial charge on any atom is 0.287 e. The second-order valence-electron chi connectivity index (χ2n) is 6.36. The number of amides is 1. The van der Waals surface area contributed by atoms with Gasteiger partial charge in [0.1, 0.15) is 11.5 Å². The van der Waals surface area contributed by atoms with Crippen molar-refractivity contribution in [1.29, 1.82) is 0 Å². The zero-order valence-corrected chi connectivity index (χ0v) is 14.6. The van der Waals surface area contributed by atoms with Crippen molar-refractivity contribution in [1.82, 2.24) is 9.99 Å². The zero-order valence-electron chi connectivity index (χ0n) is 14.6. The molecular weight excluding hydrogens is 319 g/mol. The average Bonchev–Trinajstić information content (AvgIpc) is 3.06. The molecule has 1 N–H and O–H groups in total. The van der Waals surface area contributed by atoms with Crippen molar-refractivity contribution in [2.45, 2.75) is 26.2 Å². The molecule has 0 radical (unpaired) electrons. The highest BCUT2D eigenvalue weighted by Gasteiger charge is 2.15. The maximum atomic E-state index is 14.5. The molecule has 3 rings (SSSR count). The van der Waals surface area contributed by atoms with Crippen LogP contribution in [0, 0.1) is 5.82 Å². The van der Waals surface area contributed by atoms with Gasteiger partial charge in [-0.05, 0) is 50.5 Å². The van der Waals surface area contributed by atoms with Crippen LogP contribution in [0.5, 0.6) is 0 Å². The second-order valence-corrected chi connectivity index (χ2v) is 6.36. The van der Waals surface area contributed by atoms with Gasteiger partial charge >= 0.3 is 0 Å². The van der Waals surface area contributed by atoms with E-state index in [1.807, 2.05) is 6.07 Å². The molecule has 0 bridgehead atoms. The van der Waals surface area contributed by atoms with Gasteiger partial charge in [-0.3, -0.25) is 4.79 Å². The van der Waals surface area contributed by atoms with Crippen LogP contribution in [-0.4, -0.2) is 29.3 Å². The number of carbonyl (C=O) groups excluding carboxylic acids is 1. The lowest BCUT2D eigenvalue weighted by Crippen LogP contribution is -2.30. The smallest absolute Gasteiger partial charge is 0.287 e. The van der Waals surface area contributed by atoms with Gasteiger partial charge in [-0.1, -0.05) is 6.07 Å². The number of hydrazone groups is 1. The van der Waals surface area contributed by atoms with Crippen LogP contribution in [0.3, 0.4) is 0 Å². The number of hydrogen-bond donors (Lipinski definition) is 1. The molecule has 0 atom stereocenters. The second kappa shape index (κ2) is 7.51. The lowest BCUT2D eigenvalue weighted by Gasteiger charge is -2.29. The van der Waals surface area contributed by atoms with Crippen LogP contribution < -0.4 is 10.3 Å². The summed E-state index contributed by atoms with van der Waals surface area (Å²) < 4.78 is 16.2. The molecule has 1 aromatic heterocycles. The minimum Gasteiger partial charge on any atom is -0.369 e. The number of aryl methyl sites for hydroxylation is 1. The quantitative estimate of drug-likeness (QED) is 0.684. The molecule has 1 aliphatic rings. The third-order valence-electron chi connectivity index (χ3n) is 4.56. The molecule has 6 heteroatoms. The zero-order chi connectivity index (χ0) is 17.8. The van der Waals surface area contributed by atoms with Crippen LogP contribution in [0.25, 0.3) is 0 Å². The standard InChI is InChI=1S/C19H23FN4O/c1-14(21-22-19(25)18-7-6-10-23(18)2)15-8-9-17(16(20)13-15)24-11-4-3-5-12-24/h6-10,13H,3-5,11-12H2,1-2H3,(H,22,25). The first kappa shape index (κ1) is 17.2. The van der Waals surface area contributed by atoms with E-state index in [-0.39, 0.29) is 11.7 Å². The molecule has 132 valence electrons. The van der Waals surface area contributed by atoms with E-state index in [0.717, 1.165) is 25.9 Å². The van der Waals surface area contributed by atoms with Crippen molar-refractivity contribution in [3.63, 3.8) is 0 Å². The number of nitrogens with one attached hydrogen (secondary N) is 1. The Morgan fingerprint density at radius 1 is 1.20 bits per heavy atom. The summed E-state index contributed by atoms with van der Waals surface area (Å²) in [5, 5.41) is 4.10. The van der Waals surface area contributed by atoms with Crippen molar-refractivity contribution in [2.24, 2.45) is 12.1 Å². The number of hydrogen-bond acceptors (Lipinski definition) is 3. The molecule has 1 fully saturated rings. The van der Waals surface area contributed by atoms with Gasteiger partial charge in [-0.15, -0.1) is 0 Å². The highest BCUT2D eigenvalue weighted by Crippen LogP contribution is 2.24. The molecular formula is C19H23FN4O. The van der Waals surface area contributed by atoms with Gasteiger partial charge in [0.2, 0.25) is 0 Å². The van der Waals surface area contributed by atoms with Crippen LogP contribution in [0.1, 0.15) is 42.2 Å². The Kier molecular flexibility index (Phi) is 5.16. The number of aromatic nitrogens is 1. The Hall–Kier alpha value is -2.63. The average molecular weight is 342 g/mol. The van der Waals surface area contributed by atoms with E-state index in [2.05, 4.69) is 15.4 Å². The van der Waals surface area contributed by atoms with Crippen LogP contribution >= 0.6 is 0 Å². The SMILES string of the molecule is CC(=NNC(=O)c1cccn1C)c1ccc(N2CCCCC2)c(F)c1. The number of piperidine rings is 1. The van der Waals surface area contributed by atoms with Gasteiger partial charge < -0.3 is 9.47 Å². The summed E-state index contributed by atoms with van der Waals surface area (Å²) in [5.74, 6) is -0.542. The van der Waals surface area contributed by atoms with Gasteiger partial charge in [-0.2, -0.15) is 5.10 Å². The first-order valence-electron chi connectivity index (χ1n) is 8.57. The molecule has 0 spiro atoms. The lowest BCUT2D eigenvalue weighted by atomic mass is 10.1. The fourth-order valence-electron chi connectivity index (χ4n) is 3.08. The van der Waals surface area contributed by atoms with Gasteiger partial charge in [0.25, 0.3) is 5.91 Å². The summed E-state index contributed by atoms with van der Waals surface area (Å²) in [5.41, 5.74) is 4.90. The van der Waals surface area contributed by atoms with E-state index in [1.165, 1.54) is 12.5 Å². The van der Waals surface area contributed by atoms with Crippen molar-refractivity contribution in [2.75, 3.05) is 18.0 Å². The third-order valence-corrected chi connectivity index (χ3v) is 4.56. The molecule has 5 nitrogen and oxygen atoms in total. The summed E-state index contributed by atoms with van der Waals surface area (Å²) >= 11 is 0. The fraction of sp³-hybridized carbons (Fsp3) is 0.368. The van der Waals surface area contributed by atoms with Crippen molar-refractivity contribution in [3.05, 3.63) is 53.6 Å². The van der Waals surface area contributed by atoms with Crippen LogP contribution in [0.2, 0.25) is 0 Å². The summed E-state index contributed by atoms with van der Waals surface area (Å²) in [6, 6.07) is 8.64. The number of benzene rings is 1. The van der Waals surface area contributed by atoms with E-state index < -0.39 is 0 Å². The molecule has 2 heterocycles. The van der Waals surface area contributed by atoms with Crippen molar-refractivity contribution in [3.8, 4) is 0 Å². The predicted molar refractivity (Wildman–Crippen MR) is 97.6 cm³/mol.